The summed E-state index contributed by atoms with van der Waals surface area (Å²) >= 11 is 1.86. The van der Waals surface area contributed by atoms with Gasteiger partial charge in [-0.05, 0) is 32.2 Å². The third-order valence-electron chi connectivity index (χ3n) is 4.88. The zero-order valence-electron chi connectivity index (χ0n) is 13.0. The molecule has 1 aromatic heterocycles. The zero-order valence-corrected chi connectivity index (χ0v) is 13.8. The van der Waals surface area contributed by atoms with Gasteiger partial charge in [-0.2, -0.15) is 0 Å². The normalized spacial score (nSPS) is 28.8. The van der Waals surface area contributed by atoms with E-state index in [1.54, 1.807) is 0 Å². The van der Waals surface area contributed by atoms with E-state index in [9.17, 15) is 0 Å². The van der Waals surface area contributed by atoms with Crippen molar-refractivity contribution < 1.29 is 0 Å². The van der Waals surface area contributed by atoms with Gasteiger partial charge in [-0.3, -0.25) is 9.80 Å². The number of hydrogen-bond donors (Lipinski definition) is 0. The lowest BCUT2D eigenvalue weighted by Crippen LogP contribution is -2.60. The smallest absolute Gasteiger partial charge is 0.0897 e. The second kappa shape index (κ2) is 6.12. The molecule has 0 aromatic carbocycles. The molecule has 0 bridgehead atoms. The lowest BCUT2D eigenvalue weighted by Gasteiger charge is -2.49. The maximum absolute atomic E-state index is 4.41. The van der Waals surface area contributed by atoms with E-state index in [0.717, 1.165) is 18.5 Å². The summed E-state index contributed by atoms with van der Waals surface area (Å²) in [4.78, 5) is 11.3. The van der Waals surface area contributed by atoms with Gasteiger partial charge in [0.25, 0.3) is 0 Å². The molecule has 0 aliphatic carbocycles. The van der Waals surface area contributed by atoms with E-state index in [2.05, 4.69) is 41.8 Å². The first-order valence-corrected chi connectivity index (χ1v) is 8.84. The van der Waals surface area contributed by atoms with Gasteiger partial charge in [0.15, 0.2) is 0 Å². The molecule has 2 saturated heterocycles. The van der Waals surface area contributed by atoms with Gasteiger partial charge < -0.3 is 0 Å². The Labute approximate surface area is 127 Å². The lowest BCUT2D eigenvalue weighted by atomic mass is 9.92. The number of aromatic nitrogens is 1. The molecular weight excluding hydrogens is 266 g/mol. The van der Waals surface area contributed by atoms with Crippen LogP contribution in [0.15, 0.2) is 6.20 Å². The Kier molecular flexibility index (Phi) is 4.43. The molecule has 0 radical (unpaired) electrons. The Morgan fingerprint density at radius 1 is 1.35 bits per heavy atom. The number of piperidine rings is 1. The monoisotopic (exact) mass is 293 g/mol. The summed E-state index contributed by atoms with van der Waals surface area (Å²) in [5.41, 5.74) is 0. The van der Waals surface area contributed by atoms with Gasteiger partial charge in [-0.25, -0.2) is 4.98 Å². The highest BCUT2D eigenvalue weighted by atomic mass is 32.1. The number of thiazole rings is 1. The summed E-state index contributed by atoms with van der Waals surface area (Å²) in [6, 6.07) is 1.50. The third kappa shape index (κ3) is 3.07. The first kappa shape index (κ1) is 14.5. The van der Waals surface area contributed by atoms with Crippen molar-refractivity contribution >= 4 is 11.3 Å². The summed E-state index contributed by atoms with van der Waals surface area (Å²) in [7, 11) is 0. The van der Waals surface area contributed by atoms with Crippen LogP contribution in [-0.2, 0) is 6.54 Å². The molecule has 0 amide bonds. The SMILES string of the molecule is Cc1ncc(CN2CC3CCCCN3CC2C(C)C)s1. The molecule has 3 nitrogen and oxygen atoms in total. The van der Waals surface area contributed by atoms with E-state index >= 15 is 0 Å². The molecule has 0 N–H and O–H groups in total. The summed E-state index contributed by atoms with van der Waals surface area (Å²) in [6.07, 6.45) is 6.28. The van der Waals surface area contributed by atoms with Crippen LogP contribution in [0.4, 0.5) is 0 Å². The van der Waals surface area contributed by atoms with E-state index in [1.165, 1.54) is 48.8 Å². The minimum Gasteiger partial charge on any atom is -0.298 e. The van der Waals surface area contributed by atoms with Gasteiger partial charge >= 0.3 is 0 Å². The van der Waals surface area contributed by atoms with E-state index in [4.69, 9.17) is 0 Å². The average molecular weight is 293 g/mol. The van der Waals surface area contributed by atoms with Crippen molar-refractivity contribution in [3.8, 4) is 0 Å². The predicted molar refractivity (Wildman–Crippen MR) is 85.1 cm³/mol. The quantitative estimate of drug-likeness (QED) is 0.853. The highest BCUT2D eigenvalue weighted by molar-refractivity contribution is 7.11. The van der Waals surface area contributed by atoms with Crippen LogP contribution in [0, 0.1) is 12.8 Å². The lowest BCUT2D eigenvalue weighted by molar-refractivity contribution is -0.0113. The Morgan fingerprint density at radius 2 is 2.20 bits per heavy atom. The van der Waals surface area contributed by atoms with Gasteiger partial charge in [0, 0.05) is 42.8 Å². The van der Waals surface area contributed by atoms with Crippen molar-refractivity contribution in [2.75, 3.05) is 19.6 Å². The second-order valence-corrected chi connectivity index (χ2v) is 8.05. The third-order valence-corrected chi connectivity index (χ3v) is 5.78. The summed E-state index contributed by atoms with van der Waals surface area (Å²) in [5, 5.41) is 1.19. The fraction of sp³-hybridized carbons (Fsp3) is 0.812. The number of nitrogens with zero attached hydrogens (tertiary/aromatic N) is 3. The molecule has 3 heterocycles. The Morgan fingerprint density at radius 3 is 2.90 bits per heavy atom. The molecule has 4 heteroatoms. The molecule has 2 aliphatic rings. The molecule has 2 unspecified atom stereocenters. The minimum atomic E-state index is 0.701. The zero-order chi connectivity index (χ0) is 14.1. The fourth-order valence-electron chi connectivity index (χ4n) is 3.76. The topological polar surface area (TPSA) is 19.4 Å². The predicted octanol–water partition coefficient (Wildman–Crippen LogP) is 3.15. The van der Waals surface area contributed by atoms with Crippen LogP contribution in [0.3, 0.4) is 0 Å². The van der Waals surface area contributed by atoms with Crippen molar-refractivity contribution in [3.63, 3.8) is 0 Å². The highest BCUT2D eigenvalue weighted by Gasteiger charge is 2.36. The van der Waals surface area contributed by atoms with E-state index in [1.807, 2.05) is 11.3 Å². The van der Waals surface area contributed by atoms with E-state index < -0.39 is 0 Å². The van der Waals surface area contributed by atoms with Crippen LogP contribution in [0.5, 0.6) is 0 Å². The fourth-order valence-corrected chi connectivity index (χ4v) is 4.58. The number of rotatable bonds is 3. The molecule has 2 atom stereocenters. The molecule has 2 fully saturated rings. The second-order valence-electron chi connectivity index (χ2n) is 6.73. The number of piperazine rings is 1. The van der Waals surface area contributed by atoms with E-state index in [-0.39, 0.29) is 0 Å². The molecule has 0 saturated carbocycles. The van der Waals surface area contributed by atoms with Crippen LogP contribution >= 0.6 is 11.3 Å². The van der Waals surface area contributed by atoms with Gasteiger partial charge in [-0.15, -0.1) is 11.3 Å². The molecule has 20 heavy (non-hydrogen) atoms. The van der Waals surface area contributed by atoms with Crippen LogP contribution in [0.2, 0.25) is 0 Å². The number of fused-ring (bicyclic) bond motifs is 1. The van der Waals surface area contributed by atoms with Crippen LogP contribution in [-0.4, -0.2) is 46.5 Å². The van der Waals surface area contributed by atoms with Crippen molar-refractivity contribution in [2.24, 2.45) is 5.92 Å². The first-order chi connectivity index (χ1) is 9.63. The van der Waals surface area contributed by atoms with Crippen LogP contribution < -0.4 is 0 Å². The van der Waals surface area contributed by atoms with Crippen molar-refractivity contribution in [3.05, 3.63) is 16.1 Å². The van der Waals surface area contributed by atoms with Crippen molar-refractivity contribution in [1.29, 1.82) is 0 Å². The maximum atomic E-state index is 4.41. The standard InChI is InChI=1S/C16H27N3S/c1-12(2)16-11-18-7-5-4-6-14(18)9-19(16)10-15-8-17-13(3)20-15/h8,12,14,16H,4-7,9-11H2,1-3H3. The minimum absolute atomic E-state index is 0.701. The molecule has 0 spiro atoms. The molecule has 2 aliphatic heterocycles. The molecule has 112 valence electrons. The molecular formula is C16H27N3S. The largest absolute Gasteiger partial charge is 0.298 e. The summed E-state index contributed by atoms with van der Waals surface area (Å²) in [5.74, 6) is 0.729. The van der Waals surface area contributed by atoms with Gasteiger partial charge in [0.1, 0.15) is 0 Å². The van der Waals surface area contributed by atoms with Gasteiger partial charge in [0.2, 0.25) is 0 Å². The van der Waals surface area contributed by atoms with E-state index in [0.29, 0.717) is 6.04 Å². The molecule has 3 rings (SSSR count). The summed E-state index contributed by atoms with van der Waals surface area (Å²) in [6.45, 7) is 11.8. The highest BCUT2D eigenvalue weighted by Crippen LogP contribution is 2.29. The Balaban J connectivity index is 1.72. The van der Waals surface area contributed by atoms with Crippen molar-refractivity contribution in [1.82, 2.24) is 14.8 Å². The number of aryl methyl sites for hydroxylation is 1. The first-order valence-electron chi connectivity index (χ1n) is 8.03. The Hall–Kier alpha value is -0.450. The maximum Gasteiger partial charge on any atom is 0.0897 e. The molecule has 1 aromatic rings. The average Bonchev–Trinajstić information content (AvgIpc) is 2.83. The summed E-state index contributed by atoms with van der Waals surface area (Å²) < 4.78 is 0. The van der Waals surface area contributed by atoms with Crippen molar-refractivity contribution in [2.45, 2.75) is 58.7 Å². The Bertz CT molecular complexity index is 443. The van der Waals surface area contributed by atoms with Crippen LogP contribution in [0.1, 0.15) is 43.0 Å². The van der Waals surface area contributed by atoms with Gasteiger partial charge in [-0.1, -0.05) is 20.3 Å². The number of hydrogen-bond acceptors (Lipinski definition) is 4. The van der Waals surface area contributed by atoms with Crippen LogP contribution in [0.25, 0.3) is 0 Å². The van der Waals surface area contributed by atoms with Gasteiger partial charge in [0.05, 0.1) is 5.01 Å².